The molecule has 10 heteroatoms. The van der Waals surface area contributed by atoms with E-state index in [1.807, 2.05) is 31.2 Å². The van der Waals surface area contributed by atoms with Crippen molar-refractivity contribution in [2.75, 3.05) is 30.5 Å². The molecule has 0 saturated carbocycles. The van der Waals surface area contributed by atoms with Gasteiger partial charge in [-0.1, -0.05) is 12.1 Å². The van der Waals surface area contributed by atoms with Gasteiger partial charge in [-0.15, -0.1) is 5.10 Å². The van der Waals surface area contributed by atoms with E-state index >= 15 is 0 Å². The van der Waals surface area contributed by atoms with Gasteiger partial charge in [-0.3, -0.25) is 9.59 Å². The average molecular weight is 436 g/mol. The fraction of sp³-hybridized carbons (Fsp3) is 0.318. The van der Waals surface area contributed by atoms with Crippen molar-refractivity contribution in [3.8, 4) is 17.2 Å². The number of carbonyl (C=O) groups is 2. The molecule has 1 atom stereocenters. The van der Waals surface area contributed by atoms with Crippen molar-refractivity contribution >= 4 is 23.2 Å². The fourth-order valence-corrected chi connectivity index (χ4v) is 3.71. The Labute approximate surface area is 185 Å². The molecule has 1 aliphatic heterocycles. The number of tetrazole rings is 1. The standard InChI is InChI=1S/C22H24N6O4/c1-4-32-20-8-6-5-7-17(20)27-13-15(11-21(27)29)22(30)23-16-9-10-19(31-3)18(12-16)28-14(2)24-25-26-28/h5-10,12,15H,4,11,13H2,1-3H3,(H,23,30). The maximum absolute atomic E-state index is 13.0. The van der Waals surface area contributed by atoms with Crippen molar-refractivity contribution in [3.63, 3.8) is 0 Å². The van der Waals surface area contributed by atoms with Gasteiger partial charge >= 0.3 is 0 Å². The minimum absolute atomic E-state index is 0.114. The number of ether oxygens (including phenoxy) is 2. The van der Waals surface area contributed by atoms with E-state index < -0.39 is 5.92 Å². The van der Waals surface area contributed by atoms with E-state index in [0.29, 0.717) is 41.0 Å². The summed E-state index contributed by atoms with van der Waals surface area (Å²) in [5.41, 5.74) is 1.83. The van der Waals surface area contributed by atoms with Gasteiger partial charge in [0.05, 0.1) is 25.3 Å². The highest BCUT2D eigenvalue weighted by atomic mass is 16.5. The normalized spacial score (nSPS) is 15.7. The lowest BCUT2D eigenvalue weighted by Gasteiger charge is -2.20. The molecule has 4 rings (SSSR count). The molecule has 1 aliphatic rings. The van der Waals surface area contributed by atoms with E-state index in [-0.39, 0.29) is 24.8 Å². The number of hydrogen-bond acceptors (Lipinski definition) is 7. The second kappa shape index (κ2) is 9.04. The Kier molecular flexibility index (Phi) is 6.02. The lowest BCUT2D eigenvalue weighted by atomic mass is 10.1. The molecule has 0 spiro atoms. The van der Waals surface area contributed by atoms with E-state index in [4.69, 9.17) is 9.47 Å². The van der Waals surface area contributed by atoms with Gasteiger partial charge < -0.3 is 19.7 Å². The van der Waals surface area contributed by atoms with E-state index in [9.17, 15) is 9.59 Å². The Morgan fingerprint density at radius 1 is 1.19 bits per heavy atom. The van der Waals surface area contributed by atoms with Crippen LogP contribution < -0.4 is 19.7 Å². The van der Waals surface area contributed by atoms with E-state index in [1.54, 1.807) is 37.1 Å². The molecule has 2 aromatic carbocycles. The summed E-state index contributed by atoms with van der Waals surface area (Å²) in [6, 6.07) is 12.5. The highest BCUT2D eigenvalue weighted by Crippen LogP contribution is 2.34. The van der Waals surface area contributed by atoms with Crippen LogP contribution in [0, 0.1) is 12.8 Å². The molecule has 10 nitrogen and oxygen atoms in total. The molecule has 2 heterocycles. The Balaban J connectivity index is 1.52. The highest BCUT2D eigenvalue weighted by molar-refractivity contribution is 6.04. The monoisotopic (exact) mass is 436 g/mol. The second-order valence-corrected chi connectivity index (χ2v) is 7.32. The number of para-hydroxylation sites is 2. The minimum atomic E-state index is -0.488. The van der Waals surface area contributed by atoms with E-state index in [1.165, 1.54) is 4.68 Å². The Morgan fingerprint density at radius 2 is 2.00 bits per heavy atom. The second-order valence-electron chi connectivity index (χ2n) is 7.32. The maximum atomic E-state index is 13.0. The van der Waals surface area contributed by atoms with Crippen LogP contribution in [0.3, 0.4) is 0 Å². The molecule has 1 N–H and O–H groups in total. The number of nitrogens with one attached hydrogen (secondary N) is 1. The van der Waals surface area contributed by atoms with Gasteiger partial charge in [0.2, 0.25) is 11.8 Å². The molecular weight excluding hydrogens is 412 g/mol. The van der Waals surface area contributed by atoms with E-state index in [0.717, 1.165) is 0 Å². The summed E-state index contributed by atoms with van der Waals surface area (Å²) >= 11 is 0. The maximum Gasteiger partial charge on any atom is 0.229 e. The largest absolute Gasteiger partial charge is 0.494 e. The van der Waals surface area contributed by atoms with Crippen LogP contribution in [-0.2, 0) is 9.59 Å². The number of methoxy groups -OCH3 is 1. The van der Waals surface area contributed by atoms with Gasteiger partial charge in [0.1, 0.15) is 17.2 Å². The lowest BCUT2D eigenvalue weighted by molar-refractivity contribution is -0.122. The molecule has 2 amide bonds. The summed E-state index contributed by atoms with van der Waals surface area (Å²) in [6.07, 6.45) is 0.126. The summed E-state index contributed by atoms with van der Waals surface area (Å²) in [6.45, 7) is 4.43. The number of hydrogen-bond donors (Lipinski definition) is 1. The number of anilines is 2. The minimum Gasteiger partial charge on any atom is -0.494 e. The van der Waals surface area contributed by atoms with Gasteiger partial charge in [-0.05, 0) is 54.6 Å². The molecule has 1 fully saturated rings. The summed E-state index contributed by atoms with van der Waals surface area (Å²) in [7, 11) is 1.55. The van der Waals surface area contributed by atoms with Crippen LogP contribution in [-0.4, -0.2) is 52.3 Å². The van der Waals surface area contributed by atoms with Crippen molar-refractivity contribution in [2.45, 2.75) is 20.3 Å². The zero-order valence-electron chi connectivity index (χ0n) is 18.1. The molecule has 1 aromatic heterocycles. The molecule has 0 bridgehead atoms. The topological polar surface area (TPSA) is 111 Å². The first kappa shape index (κ1) is 21.3. The highest BCUT2D eigenvalue weighted by Gasteiger charge is 2.36. The van der Waals surface area contributed by atoms with Gasteiger partial charge in [0, 0.05) is 18.7 Å². The molecular formula is C22H24N6O4. The lowest BCUT2D eigenvalue weighted by Crippen LogP contribution is -2.28. The zero-order chi connectivity index (χ0) is 22.7. The molecule has 3 aromatic rings. The third-order valence-electron chi connectivity index (χ3n) is 5.25. The number of aryl methyl sites for hydroxylation is 1. The molecule has 32 heavy (non-hydrogen) atoms. The Bertz CT molecular complexity index is 1140. The first-order valence-electron chi connectivity index (χ1n) is 10.3. The van der Waals surface area contributed by atoms with Gasteiger partial charge in [-0.2, -0.15) is 4.68 Å². The SMILES string of the molecule is CCOc1ccccc1N1CC(C(=O)Nc2ccc(OC)c(-n3nnnc3C)c2)CC1=O. The zero-order valence-corrected chi connectivity index (χ0v) is 18.1. The van der Waals surface area contributed by atoms with Crippen LogP contribution in [0.1, 0.15) is 19.2 Å². The van der Waals surface area contributed by atoms with E-state index in [2.05, 4.69) is 20.8 Å². The van der Waals surface area contributed by atoms with Crippen molar-refractivity contribution in [1.82, 2.24) is 20.2 Å². The van der Waals surface area contributed by atoms with Crippen molar-refractivity contribution in [3.05, 3.63) is 48.3 Å². The van der Waals surface area contributed by atoms with Crippen molar-refractivity contribution in [2.24, 2.45) is 5.92 Å². The first-order valence-corrected chi connectivity index (χ1v) is 10.3. The van der Waals surface area contributed by atoms with Crippen LogP contribution in [0.4, 0.5) is 11.4 Å². The van der Waals surface area contributed by atoms with Gasteiger partial charge in [0.15, 0.2) is 5.82 Å². The molecule has 0 radical (unpaired) electrons. The summed E-state index contributed by atoms with van der Waals surface area (Å²) < 4.78 is 12.6. The number of nitrogens with zero attached hydrogens (tertiary/aromatic N) is 5. The van der Waals surface area contributed by atoms with Crippen LogP contribution >= 0.6 is 0 Å². The Morgan fingerprint density at radius 3 is 2.72 bits per heavy atom. The van der Waals surface area contributed by atoms with Gasteiger partial charge in [-0.25, -0.2) is 0 Å². The number of rotatable bonds is 7. The first-order chi connectivity index (χ1) is 15.5. The smallest absolute Gasteiger partial charge is 0.229 e. The van der Waals surface area contributed by atoms with Crippen molar-refractivity contribution < 1.29 is 19.1 Å². The molecule has 1 saturated heterocycles. The van der Waals surface area contributed by atoms with Crippen LogP contribution in [0.25, 0.3) is 5.69 Å². The average Bonchev–Trinajstić information content (AvgIpc) is 3.40. The van der Waals surface area contributed by atoms with Gasteiger partial charge in [0.25, 0.3) is 0 Å². The van der Waals surface area contributed by atoms with Crippen LogP contribution in [0.15, 0.2) is 42.5 Å². The number of amides is 2. The third kappa shape index (κ3) is 4.11. The number of benzene rings is 2. The quantitative estimate of drug-likeness (QED) is 0.605. The van der Waals surface area contributed by atoms with Crippen LogP contribution in [0.2, 0.25) is 0 Å². The molecule has 0 aliphatic carbocycles. The fourth-order valence-electron chi connectivity index (χ4n) is 3.71. The summed E-state index contributed by atoms with van der Waals surface area (Å²) in [4.78, 5) is 27.3. The molecule has 166 valence electrons. The summed E-state index contributed by atoms with van der Waals surface area (Å²) in [5.74, 6) is 0.930. The predicted octanol–water partition coefficient (Wildman–Crippen LogP) is 2.37. The van der Waals surface area contributed by atoms with Crippen LogP contribution in [0.5, 0.6) is 11.5 Å². The van der Waals surface area contributed by atoms with Crippen molar-refractivity contribution in [1.29, 1.82) is 0 Å². The number of carbonyl (C=O) groups excluding carboxylic acids is 2. The predicted molar refractivity (Wildman–Crippen MR) is 117 cm³/mol. The summed E-state index contributed by atoms with van der Waals surface area (Å²) in [5, 5.41) is 14.4. The number of aromatic nitrogens is 4. The third-order valence-corrected chi connectivity index (χ3v) is 5.25. The molecule has 1 unspecified atom stereocenters. The Hall–Kier alpha value is -3.95.